The van der Waals surface area contributed by atoms with Gasteiger partial charge in [0.1, 0.15) is 11.5 Å². The summed E-state index contributed by atoms with van der Waals surface area (Å²) < 4.78 is 6.67. The van der Waals surface area contributed by atoms with E-state index in [9.17, 15) is 14.7 Å². The highest BCUT2D eigenvalue weighted by atomic mass is 32.1. The Labute approximate surface area is 219 Å². The number of ether oxygens (including phenoxy) is 1. The number of anilines is 1. The number of rotatable bonds is 7. The molecular formula is C30H28N2O4S. The van der Waals surface area contributed by atoms with Gasteiger partial charge in [0, 0.05) is 5.56 Å². The third-order valence-corrected chi connectivity index (χ3v) is 7.51. The minimum absolute atomic E-state index is 0.0459. The van der Waals surface area contributed by atoms with E-state index in [2.05, 4.69) is 13.0 Å². The van der Waals surface area contributed by atoms with Crippen molar-refractivity contribution in [3.8, 4) is 5.75 Å². The van der Waals surface area contributed by atoms with Crippen molar-refractivity contribution in [2.75, 3.05) is 11.5 Å². The number of fused-ring (bicyclic) bond motifs is 1. The molecule has 0 saturated carbocycles. The summed E-state index contributed by atoms with van der Waals surface area (Å²) in [4.78, 5) is 33.0. The van der Waals surface area contributed by atoms with Crippen LogP contribution in [0.1, 0.15) is 48.6 Å². The van der Waals surface area contributed by atoms with Gasteiger partial charge in [0.25, 0.3) is 5.78 Å². The number of aliphatic hydroxyl groups excluding tert-OH is 1. The first-order valence-corrected chi connectivity index (χ1v) is 13.2. The minimum Gasteiger partial charge on any atom is -0.507 e. The first-order valence-electron chi connectivity index (χ1n) is 12.4. The number of carbonyl (C=O) groups is 2. The molecule has 0 aliphatic carbocycles. The Kier molecular flexibility index (Phi) is 6.80. The number of carbonyl (C=O) groups excluding carboxylic acids is 2. The van der Waals surface area contributed by atoms with Gasteiger partial charge in [-0.05, 0) is 55.2 Å². The number of thiazole rings is 1. The molecule has 1 saturated heterocycles. The summed E-state index contributed by atoms with van der Waals surface area (Å²) in [5.74, 6) is -0.942. The highest BCUT2D eigenvalue weighted by molar-refractivity contribution is 7.22. The SMILES string of the molecule is CCCOc1ccc([C@@H]2/C(=C(\O)c3ccc(C)cc3)C(=O)C(=O)N2c2nc3ccc(CC)cc3s2)cc1. The number of aliphatic hydroxyl groups is 1. The Morgan fingerprint density at radius 1 is 1.03 bits per heavy atom. The molecular weight excluding hydrogens is 484 g/mol. The van der Waals surface area contributed by atoms with Crippen LogP contribution in [0.5, 0.6) is 5.75 Å². The fourth-order valence-electron chi connectivity index (χ4n) is 4.46. The molecule has 1 fully saturated rings. The Hall–Kier alpha value is -3.97. The largest absolute Gasteiger partial charge is 0.507 e. The number of hydrogen-bond acceptors (Lipinski definition) is 6. The number of ketones is 1. The van der Waals surface area contributed by atoms with Gasteiger partial charge in [-0.25, -0.2) is 4.98 Å². The van der Waals surface area contributed by atoms with Crippen LogP contribution in [-0.4, -0.2) is 28.4 Å². The Bertz CT molecular complexity index is 1500. The molecule has 1 N–H and O–H groups in total. The molecule has 0 bridgehead atoms. The number of Topliss-reactive ketones (excluding diaryl/α,β-unsaturated/α-hetero) is 1. The average Bonchev–Trinajstić information content (AvgIpc) is 3.45. The van der Waals surface area contributed by atoms with E-state index in [1.165, 1.54) is 21.8 Å². The average molecular weight is 513 g/mol. The highest BCUT2D eigenvalue weighted by Crippen LogP contribution is 2.44. The van der Waals surface area contributed by atoms with Crippen molar-refractivity contribution in [3.05, 3.63) is 94.6 Å². The summed E-state index contributed by atoms with van der Waals surface area (Å²) >= 11 is 1.37. The van der Waals surface area contributed by atoms with Crippen molar-refractivity contribution in [2.45, 2.75) is 39.7 Å². The quantitative estimate of drug-likeness (QED) is 0.172. The van der Waals surface area contributed by atoms with E-state index in [0.717, 1.165) is 28.6 Å². The lowest BCUT2D eigenvalue weighted by molar-refractivity contribution is -0.132. The lowest BCUT2D eigenvalue weighted by Crippen LogP contribution is -2.29. The number of benzene rings is 3. The monoisotopic (exact) mass is 512 g/mol. The van der Waals surface area contributed by atoms with Crippen LogP contribution >= 0.6 is 11.3 Å². The van der Waals surface area contributed by atoms with Gasteiger partial charge >= 0.3 is 5.91 Å². The summed E-state index contributed by atoms with van der Waals surface area (Å²) in [5, 5.41) is 11.7. The van der Waals surface area contributed by atoms with Crippen LogP contribution in [0.3, 0.4) is 0 Å². The molecule has 0 unspecified atom stereocenters. The smallest absolute Gasteiger partial charge is 0.301 e. The summed E-state index contributed by atoms with van der Waals surface area (Å²) in [7, 11) is 0. The van der Waals surface area contributed by atoms with E-state index in [0.29, 0.717) is 28.6 Å². The number of nitrogens with zero attached hydrogens (tertiary/aromatic N) is 2. The third kappa shape index (κ3) is 4.62. The number of aromatic nitrogens is 1. The molecule has 37 heavy (non-hydrogen) atoms. The van der Waals surface area contributed by atoms with E-state index < -0.39 is 17.7 Å². The van der Waals surface area contributed by atoms with Gasteiger partial charge in [-0.2, -0.15) is 0 Å². The van der Waals surface area contributed by atoms with E-state index in [1.807, 2.05) is 62.4 Å². The van der Waals surface area contributed by atoms with Crippen LogP contribution in [0.25, 0.3) is 16.0 Å². The second kappa shape index (κ2) is 10.2. The molecule has 188 valence electrons. The lowest BCUT2D eigenvalue weighted by atomic mass is 9.95. The first kappa shape index (κ1) is 24.7. The highest BCUT2D eigenvalue weighted by Gasteiger charge is 2.48. The van der Waals surface area contributed by atoms with Crippen molar-refractivity contribution < 1.29 is 19.4 Å². The van der Waals surface area contributed by atoms with E-state index >= 15 is 0 Å². The van der Waals surface area contributed by atoms with Crippen molar-refractivity contribution >= 4 is 44.1 Å². The van der Waals surface area contributed by atoms with E-state index in [-0.39, 0.29) is 11.3 Å². The molecule has 7 heteroatoms. The van der Waals surface area contributed by atoms with Gasteiger partial charge in [-0.1, -0.05) is 73.2 Å². The Balaban J connectivity index is 1.66. The van der Waals surface area contributed by atoms with Crippen LogP contribution < -0.4 is 9.64 Å². The fraction of sp³-hybridized carbons (Fsp3) is 0.233. The maximum Gasteiger partial charge on any atom is 0.301 e. The van der Waals surface area contributed by atoms with Gasteiger partial charge < -0.3 is 9.84 Å². The molecule has 0 spiro atoms. The van der Waals surface area contributed by atoms with Crippen LogP contribution in [0, 0.1) is 6.92 Å². The third-order valence-electron chi connectivity index (χ3n) is 6.49. The molecule has 1 aliphatic heterocycles. The van der Waals surface area contributed by atoms with Crippen LogP contribution in [-0.2, 0) is 16.0 Å². The molecule has 1 aromatic heterocycles. The molecule has 4 aromatic rings. The summed E-state index contributed by atoms with van der Waals surface area (Å²) in [6, 6.07) is 19.7. The molecule has 1 aliphatic rings. The molecule has 3 aromatic carbocycles. The van der Waals surface area contributed by atoms with Gasteiger partial charge in [-0.15, -0.1) is 0 Å². The van der Waals surface area contributed by atoms with Crippen molar-refractivity contribution in [2.24, 2.45) is 0 Å². The zero-order chi connectivity index (χ0) is 26.1. The predicted molar refractivity (Wildman–Crippen MR) is 147 cm³/mol. The van der Waals surface area contributed by atoms with Crippen LogP contribution in [0.15, 0.2) is 72.3 Å². The van der Waals surface area contributed by atoms with Gasteiger partial charge in [0.2, 0.25) is 0 Å². The molecule has 1 atom stereocenters. The Morgan fingerprint density at radius 3 is 2.43 bits per heavy atom. The molecule has 5 rings (SSSR count). The molecule has 2 heterocycles. The summed E-state index contributed by atoms with van der Waals surface area (Å²) in [6.45, 7) is 6.66. The maximum atomic E-state index is 13.5. The van der Waals surface area contributed by atoms with E-state index in [4.69, 9.17) is 9.72 Å². The van der Waals surface area contributed by atoms with Crippen molar-refractivity contribution in [1.82, 2.24) is 4.98 Å². The van der Waals surface area contributed by atoms with Crippen molar-refractivity contribution in [3.63, 3.8) is 0 Å². The number of hydrogen-bond donors (Lipinski definition) is 1. The van der Waals surface area contributed by atoms with Crippen LogP contribution in [0.2, 0.25) is 0 Å². The zero-order valence-electron chi connectivity index (χ0n) is 21.0. The standard InChI is InChI=1S/C30H28N2O4S/c1-4-16-36-22-13-11-20(12-14-22)26-25(27(33)21-9-6-18(3)7-10-21)28(34)29(35)32(26)30-31-23-15-8-19(5-2)17-24(23)37-30/h6-15,17,26,33H,4-5,16H2,1-3H3/b27-25+/t26-/m1/s1. The van der Waals surface area contributed by atoms with E-state index in [1.54, 1.807) is 12.1 Å². The summed E-state index contributed by atoms with van der Waals surface area (Å²) in [5.41, 5.74) is 4.17. The minimum atomic E-state index is -0.826. The molecule has 1 amide bonds. The first-order chi connectivity index (χ1) is 17.9. The predicted octanol–water partition coefficient (Wildman–Crippen LogP) is 6.58. The summed E-state index contributed by atoms with van der Waals surface area (Å²) in [6.07, 6.45) is 1.77. The van der Waals surface area contributed by atoms with Gasteiger partial charge in [0.15, 0.2) is 5.13 Å². The second-order valence-corrected chi connectivity index (χ2v) is 10.1. The normalized spacial score (nSPS) is 17.1. The zero-order valence-corrected chi connectivity index (χ0v) is 21.8. The number of amides is 1. The maximum absolute atomic E-state index is 13.5. The van der Waals surface area contributed by atoms with Crippen molar-refractivity contribution in [1.29, 1.82) is 0 Å². The molecule has 0 radical (unpaired) electrons. The molecule has 6 nitrogen and oxygen atoms in total. The topological polar surface area (TPSA) is 79.7 Å². The van der Waals surface area contributed by atoms with Gasteiger partial charge in [0.05, 0.1) is 28.4 Å². The lowest BCUT2D eigenvalue weighted by Gasteiger charge is -2.23. The Morgan fingerprint density at radius 2 is 1.76 bits per heavy atom. The van der Waals surface area contributed by atoms with Crippen LogP contribution in [0.4, 0.5) is 5.13 Å². The number of aryl methyl sites for hydroxylation is 2. The van der Waals surface area contributed by atoms with Gasteiger partial charge in [-0.3, -0.25) is 14.5 Å². The fourth-order valence-corrected chi connectivity index (χ4v) is 5.51. The second-order valence-electron chi connectivity index (χ2n) is 9.10.